The molecule has 0 spiro atoms. The number of fused-ring (bicyclic) bond motifs is 7. The first-order chi connectivity index (χ1) is 22.1. The topological polar surface area (TPSA) is 13.1 Å². The molecular weight excluding hydrogens is 545 g/mol. The molecule has 45 heavy (non-hydrogen) atoms. The Morgan fingerprint density at radius 1 is 0.511 bits per heavy atom. The van der Waals surface area contributed by atoms with Crippen LogP contribution in [0.3, 0.4) is 0 Å². The Bertz CT molecular complexity index is 2540. The predicted octanol–water partition coefficient (Wildman–Crippen LogP) is 7.92. The predicted molar refractivity (Wildman–Crippen MR) is 192 cm³/mol. The third-order valence-corrected chi connectivity index (χ3v) is 10.5. The molecule has 0 unspecified atom stereocenters. The van der Waals surface area contributed by atoms with Gasteiger partial charge in [0.05, 0.1) is 11.0 Å². The summed E-state index contributed by atoms with van der Waals surface area (Å²) >= 11 is 0. The molecule has 0 atom stereocenters. The van der Waals surface area contributed by atoms with Crippen molar-refractivity contribution in [2.24, 2.45) is 0 Å². The van der Waals surface area contributed by atoms with Crippen LogP contribution >= 0.6 is 0 Å². The zero-order valence-electron chi connectivity index (χ0n) is 25.5. The molecule has 0 fully saturated rings. The summed E-state index contributed by atoms with van der Waals surface area (Å²) in [5.74, 6) is 0. The molecule has 4 heteroatoms. The van der Waals surface area contributed by atoms with Crippen LogP contribution in [0.1, 0.15) is 11.3 Å². The van der Waals surface area contributed by atoms with Gasteiger partial charge in [0.2, 0.25) is 0 Å². The molecule has 0 bridgehead atoms. The van der Waals surface area contributed by atoms with Crippen molar-refractivity contribution < 1.29 is 0 Å². The van der Waals surface area contributed by atoms with Crippen LogP contribution in [-0.2, 0) is 0 Å². The van der Waals surface area contributed by atoms with E-state index in [0.29, 0.717) is 0 Å². The first-order valence-electron chi connectivity index (χ1n) is 15.8. The van der Waals surface area contributed by atoms with E-state index in [1.54, 1.807) is 0 Å². The molecule has 8 aromatic rings. The van der Waals surface area contributed by atoms with Crippen LogP contribution in [0.2, 0.25) is 0 Å². The highest BCUT2D eigenvalue weighted by molar-refractivity contribution is 7.00. The summed E-state index contributed by atoms with van der Waals surface area (Å²) in [5, 5.41) is 3.90. The molecule has 2 aromatic heterocycles. The summed E-state index contributed by atoms with van der Waals surface area (Å²) in [5.41, 5.74) is 18.2. The van der Waals surface area contributed by atoms with Gasteiger partial charge in [0, 0.05) is 57.2 Å². The Morgan fingerprint density at radius 3 is 2.11 bits per heavy atom. The normalized spacial score (nSPS) is 13.1. The number of aryl methyl sites for hydroxylation is 1. The lowest BCUT2D eigenvalue weighted by molar-refractivity contribution is 1.04. The van der Waals surface area contributed by atoms with Crippen molar-refractivity contribution in [2.45, 2.75) is 13.8 Å². The summed E-state index contributed by atoms with van der Waals surface area (Å²) < 4.78 is 4.93. The highest BCUT2D eigenvalue weighted by Crippen LogP contribution is 2.40. The van der Waals surface area contributed by atoms with Crippen molar-refractivity contribution in [2.75, 3.05) is 11.9 Å². The van der Waals surface area contributed by atoms with Crippen LogP contribution in [0.25, 0.3) is 55.2 Å². The second kappa shape index (κ2) is 8.80. The van der Waals surface area contributed by atoms with E-state index in [1.807, 2.05) is 0 Å². The van der Waals surface area contributed by atoms with Crippen molar-refractivity contribution in [3.63, 3.8) is 0 Å². The molecule has 10 rings (SSSR count). The average Bonchev–Trinajstić information content (AvgIpc) is 3.56. The Labute approximate surface area is 262 Å². The van der Waals surface area contributed by atoms with E-state index in [0.717, 1.165) is 0 Å². The first-order valence-corrected chi connectivity index (χ1v) is 15.8. The highest BCUT2D eigenvalue weighted by Gasteiger charge is 2.40. The average molecular weight is 576 g/mol. The van der Waals surface area contributed by atoms with Crippen LogP contribution in [0, 0.1) is 13.8 Å². The van der Waals surface area contributed by atoms with Crippen molar-refractivity contribution in [3.8, 4) is 22.5 Å². The van der Waals surface area contributed by atoms with Gasteiger partial charge in [-0.2, -0.15) is 0 Å². The molecule has 0 saturated heterocycles. The SMILES string of the molecule is Cc1c(C)n2c3c(cccc13)B1c3ccccc3N(C)c3cc(-c4ccc5c(c4)c4ccccc4n5-c4ccccc4)cc-2c31. The summed E-state index contributed by atoms with van der Waals surface area (Å²) in [6.07, 6.45) is 0. The number of hydrogen-bond acceptors (Lipinski definition) is 1. The third kappa shape index (κ3) is 3.16. The van der Waals surface area contributed by atoms with Crippen molar-refractivity contribution >= 4 is 67.2 Å². The summed E-state index contributed by atoms with van der Waals surface area (Å²) in [7, 11) is 2.23. The van der Waals surface area contributed by atoms with Gasteiger partial charge >= 0.3 is 0 Å². The zero-order valence-corrected chi connectivity index (χ0v) is 25.5. The zero-order chi connectivity index (χ0) is 30.0. The quantitative estimate of drug-likeness (QED) is 0.191. The maximum Gasteiger partial charge on any atom is 0.252 e. The van der Waals surface area contributed by atoms with E-state index in [4.69, 9.17) is 0 Å². The maximum absolute atomic E-state index is 2.54. The van der Waals surface area contributed by atoms with Crippen LogP contribution < -0.4 is 21.3 Å². The molecule has 6 aromatic carbocycles. The molecule has 0 N–H and O–H groups in total. The summed E-state index contributed by atoms with van der Waals surface area (Å²) in [6.45, 7) is 4.76. The molecule has 0 aliphatic carbocycles. The molecule has 4 heterocycles. The lowest BCUT2D eigenvalue weighted by Crippen LogP contribution is -2.60. The number of aromatic nitrogens is 2. The Hall–Kier alpha value is -5.48. The van der Waals surface area contributed by atoms with Gasteiger partial charge in [-0.15, -0.1) is 0 Å². The molecule has 3 nitrogen and oxygen atoms in total. The van der Waals surface area contributed by atoms with Gasteiger partial charge < -0.3 is 14.0 Å². The monoisotopic (exact) mass is 575 g/mol. The first kappa shape index (κ1) is 24.9. The second-order valence-corrected chi connectivity index (χ2v) is 12.7. The molecule has 2 aliphatic rings. The fraction of sp³-hybridized carbons (Fsp3) is 0.0732. The van der Waals surface area contributed by atoms with Crippen LogP contribution in [0.4, 0.5) is 11.4 Å². The summed E-state index contributed by atoms with van der Waals surface area (Å²) in [4.78, 5) is 2.41. The lowest BCUT2D eigenvalue weighted by Gasteiger charge is -2.39. The Morgan fingerprint density at radius 2 is 1.22 bits per heavy atom. The van der Waals surface area contributed by atoms with Gasteiger partial charge in [0.25, 0.3) is 6.71 Å². The van der Waals surface area contributed by atoms with Gasteiger partial charge in [-0.3, -0.25) is 0 Å². The molecular formula is C41H30BN3. The fourth-order valence-electron chi connectivity index (χ4n) is 8.38. The van der Waals surface area contributed by atoms with Crippen molar-refractivity contribution in [1.29, 1.82) is 0 Å². The van der Waals surface area contributed by atoms with Gasteiger partial charge in [0.1, 0.15) is 0 Å². The summed E-state index contributed by atoms with van der Waals surface area (Å²) in [6, 6.07) is 47.2. The second-order valence-electron chi connectivity index (χ2n) is 12.7. The number of hydrogen-bond donors (Lipinski definition) is 0. The minimum absolute atomic E-state index is 0.202. The Balaban J connectivity index is 1.28. The number of rotatable bonds is 2. The van der Waals surface area contributed by atoms with E-state index in [-0.39, 0.29) is 6.71 Å². The van der Waals surface area contributed by atoms with E-state index in [2.05, 4.69) is 162 Å². The van der Waals surface area contributed by atoms with Gasteiger partial charge in [0.15, 0.2) is 0 Å². The van der Waals surface area contributed by atoms with Crippen molar-refractivity contribution in [1.82, 2.24) is 9.13 Å². The Kier molecular flexibility index (Phi) is 4.87. The minimum atomic E-state index is 0.202. The molecule has 0 amide bonds. The van der Waals surface area contributed by atoms with Gasteiger partial charge in [-0.25, -0.2) is 0 Å². The third-order valence-electron chi connectivity index (χ3n) is 10.5. The number of para-hydroxylation sites is 4. The molecule has 212 valence electrons. The fourth-order valence-corrected chi connectivity index (χ4v) is 8.38. The van der Waals surface area contributed by atoms with E-state index in [1.165, 1.54) is 94.2 Å². The highest BCUT2D eigenvalue weighted by atomic mass is 15.1. The van der Waals surface area contributed by atoms with E-state index < -0.39 is 0 Å². The van der Waals surface area contributed by atoms with E-state index >= 15 is 0 Å². The van der Waals surface area contributed by atoms with Gasteiger partial charge in [-0.1, -0.05) is 78.9 Å². The number of nitrogens with zero attached hydrogens (tertiary/aromatic N) is 3. The molecule has 2 aliphatic heterocycles. The van der Waals surface area contributed by atoms with E-state index in [9.17, 15) is 0 Å². The lowest BCUT2D eigenvalue weighted by atomic mass is 9.34. The maximum atomic E-state index is 2.54. The smallest absolute Gasteiger partial charge is 0.252 e. The number of benzene rings is 6. The standard InChI is InChI=1S/C41H30BN3/c1-25-26(2)44-39-24-28(27-20-21-36-32(22-27)31-14-7-9-18-35(31)45(36)29-12-5-4-6-13-29)23-38-40(39)42(34-17-11-15-30(25)41(34)44)33-16-8-10-19-37(33)43(38)3/h4-24H,1-3H3. The molecule has 0 saturated carbocycles. The van der Waals surface area contributed by atoms with Crippen molar-refractivity contribution in [3.05, 3.63) is 139 Å². The van der Waals surface area contributed by atoms with Gasteiger partial charge in [-0.05, 0) is 95.5 Å². The van der Waals surface area contributed by atoms with Crippen LogP contribution in [0.5, 0.6) is 0 Å². The minimum Gasteiger partial charge on any atom is -0.345 e. The van der Waals surface area contributed by atoms with Crippen LogP contribution in [-0.4, -0.2) is 22.9 Å². The largest absolute Gasteiger partial charge is 0.345 e. The molecule has 0 radical (unpaired) electrons. The van der Waals surface area contributed by atoms with Crippen LogP contribution in [0.15, 0.2) is 127 Å². The number of anilines is 2.